The molecule has 0 unspecified atom stereocenters. The highest BCUT2D eigenvalue weighted by molar-refractivity contribution is 9.11. The van der Waals surface area contributed by atoms with E-state index in [9.17, 15) is 0 Å². The van der Waals surface area contributed by atoms with Crippen molar-refractivity contribution in [2.24, 2.45) is 0 Å². The van der Waals surface area contributed by atoms with E-state index in [0.717, 1.165) is 21.1 Å². The molecule has 0 saturated carbocycles. The molecular formula is C8H9BrN4S. The summed E-state index contributed by atoms with van der Waals surface area (Å²) in [6, 6.07) is 0. The van der Waals surface area contributed by atoms with Crippen LogP contribution in [-0.4, -0.2) is 18.9 Å². The van der Waals surface area contributed by atoms with Crippen molar-refractivity contribution in [3.05, 3.63) is 27.5 Å². The van der Waals surface area contributed by atoms with Crippen LogP contribution in [0.5, 0.6) is 0 Å². The summed E-state index contributed by atoms with van der Waals surface area (Å²) in [6.45, 7) is 4.73. The highest BCUT2D eigenvalue weighted by Crippen LogP contribution is 2.13. The molecule has 0 bridgehead atoms. The second-order valence-electron chi connectivity index (χ2n) is 3.01. The summed E-state index contributed by atoms with van der Waals surface area (Å²) in [6.07, 6.45) is 1.82. The van der Waals surface area contributed by atoms with Crippen molar-refractivity contribution in [3.63, 3.8) is 0 Å². The minimum atomic E-state index is 0.689. The van der Waals surface area contributed by atoms with Crippen LogP contribution in [0.1, 0.15) is 17.2 Å². The van der Waals surface area contributed by atoms with E-state index in [-0.39, 0.29) is 0 Å². The van der Waals surface area contributed by atoms with E-state index >= 15 is 0 Å². The normalized spacial score (nSPS) is 10.8. The van der Waals surface area contributed by atoms with Crippen LogP contribution in [0, 0.1) is 13.8 Å². The van der Waals surface area contributed by atoms with Crippen LogP contribution in [-0.2, 0) is 6.54 Å². The minimum Gasteiger partial charge on any atom is -0.327 e. The zero-order valence-corrected chi connectivity index (χ0v) is 10.3. The number of rotatable bonds is 2. The maximum atomic E-state index is 4.23. The van der Waals surface area contributed by atoms with Gasteiger partial charge in [0.1, 0.15) is 0 Å². The Morgan fingerprint density at radius 2 is 2.29 bits per heavy atom. The first-order valence-electron chi connectivity index (χ1n) is 4.13. The van der Waals surface area contributed by atoms with Crippen molar-refractivity contribution >= 4 is 27.5 Å². The van der Waals surface area contributed by atoms with Gasteiger partial charge >= 0.3 is 0 Å². The molecule has 14 heavy (non-hydrogen) atoms. The third-order valence-electron chi connectivity index (χ3n) is 2.10. The van der Waals surface area contributed by atoms with Gasteiger partial charge in [-0.05, 0) is 41.3 Å². The molecule has 2 aromatic rings. The predicted molar refractivity (Wildman–Crippen MR) is 58.4 cm³/mol. The second-order valence-corrected chi connectivity index (χ2v) is 5.03. The SMILES string of the molecule is Cc1ncn(Cc2nsc(Br)n2)c1C. The summed E-state index contributed by atoms with van der Waals surface area (Å²) in [7, 11) is 0. The zero-order chi connectivity index (χ0) is 10.1. The Morgan fingerprint density at radius 3 is 2.79 bits per heavy atom. The third-order valence-corrected chi connectivity index (χ3v) is 3.26. The van der Waals surface area contributed by atoms with Gasteiger partial charge in [0.05, 0.1) is 18.6 Å². The zero-order valence-electron chi connectivity index (χ0n) is 7.86. The van der Waals surface area contributed by atoms with Gasteiger partial charge in [-0.15, -0.1) is 0 Å². The molecule has 0 fully saturated rings. The lowest BCUT2D eigenvalue weighted by Crippen LogP contribution is -2.02. The molecular weight excluding hydrogens is 264 g/mol. The van der Waals surface area contributed by atoms with E-state index in [2.05, 4.69) is 30.3 Å². The number of aryl methyl sites for hydroxylation is 1. The van der Waals surface area contributed by atoms with Crippen molar-refractivity contribution < 1.29 is 0 Å². The topological polar surface area (TPSA) is 43.6 Å². The Hall–Kier alpha value is -0.750. The second kappa shape index (κ2) is 3.78. The molecule has 4 nitrogen and oxygen atoms in total. The largest absolute Gasteiger partial charge is 0.327 e. The Kier molecular flexibility index (Phi) is 2.64. The lowest BCUT2D eigenvalue weighted by molar-refractivity contribution is 0.733. The molecule has 6 heteroatoms. The van der Waals surface area contributed by atoms with Gasteiger partial charge < -0.3 is 4.57 Å². The molecule has 0 aliphatic heterocycles. The Morgan fingerprint density at radius 1 is 1.50 bits per heavy atom. The monoisotopic (exact) mass is 272 g/mol. The summed E-state index contributed by atoms with van der Waals surface area (Å²) >= 11 is 4.65. The van der Waals surface area contributed by atoms with Gasteiger partial charge in [0.2, 0.25) is 0 Å². The Labute approximate surface area is 94.3 Å². The summed E-state index contributed by atoms with van der Waals surface area (Å²) in [5.41, 5.74) is 2.22. The Balaban J connectivity index is 2.22. The Bertz CT molecular complexity index is 448. The van der Waals surface area contributed by atoms with E-state index < -0.39 is 0 Å². The average Bonchev–Trinajstić information content (AvgIpc) is 2.67. The summed E-state index contributed by atoms with van der Waals surface area (Å²) < 4.78 is 7.06. The molecule has 0 aliphatic rings. The number of aromatic nitrogens is 4. The first-order chi connectivity index (χ1) is 6.66. The highest BCUT2D eigenvalue weighted by atomic mass is 79.9. The fourth-order valence-electron chi connectivity index (χ4n) is 1.15. The minimum absolute atomic E-state index is 0.689. The predicted octanol–water partition coefficient (Wildman–Crippen LogP) is 2.16. The summed E-state index contributed by atoms with van der Waals surface area (Å²) in [5.74, 6) is 0.822. The van der Waals surface area contributed by atoms with Gasteiger partial charge in [-0.2, -0.15) is 4.37 Å². The lowest BCUT2D eigenvalue weighted by Gasteiger charge is -2.00. The number of hydrogen-bond donors (Lipinski definition) is 0. The van der Waals surface area contributed by atoms with E-state index in [4.69, 9.17) is 0 Å². The van der Waals surface area contributed by atoms with Gasteiger partial charge in [0.15, 0.2) is 9.74 Å². The highest BCUT2D eigenvalue weighted by Gasteiger charge is 2.06. The number of halogens is 1. The van der Waals surface area contributed by atoms with Crippen LogP contribution in [0.25, 0.3) is 0 Å². The van der Waals surface area contributed by atoms with Crippen LogP contribution in [0.2, 0.25) is 0 Å². The first-order valence-corrected chi connectivity index (χ1v) is 5.70. The molecule has 0 atom stereocenters. The smallest absolute Gasteiger partial charge is 0.179 e. The average molecular weight is 273 g/mol. The molecule has 0 N–H and O–H groups in total. The fourth-order valence-corrected chi connectivity index (χ4v) is 2.00. The molecule has 0 radical (unpaired) electrons. The first kappa shape index (κ1) is 9.79. The molecule has 0 aromatic carbocycles. The van der Waals surface area contributed by atoms with Crippen molar-refractivity contribution in [1.29, 1.82) is 0 Å². The number of imidazole rings is 1. The fraction of sp³-hybridized carbons (Fsp3) is 0.375. The maximum Gasteiger partial charge on any atom is 0.179 e. The van der Waals surface area contributed by atoms with Crippen molar-refractivity contribution in [1.82, 2.24) is 18.9 Å². The van der Waals surface area contributed by atoms with Gasteiger partial charge in [-0.3, -0.25) is 0 Å². The van der Waals surface area contributed by atoms with E-state index in [1.54, 1.807) is 0 Å². The molecule has 0 spiro atoms. The van der Waals surface area contributed by atoms with Gasteiger partial charge in [-0.1, -0.05) is 0 Å². The van der Waals surface area contributed by atoms with Gasteiger partial charge in [-0.25, -0.2) is 9.97 Å². The molecule has 2 heterocycles. The van der Waals surface area contributed by atoms with Crippen LogP contribution in [0.4, 0.5) is 0 Å². The van der Waals surface area contributed by atoms with E-state index in [1.807, 2.05) is 24.7 Å². The van der Waals surface area contributed by atoms with Crippen LogP contribution >= 0.6 is 27.5 Å². The molecule has 74 valence electrons. The molecule has 0 saturated heterocycles. The summed E-state index contributed by atoms with van der Waals surface area (Å²) in [5, 5.41) is 0. The van der Waals surface area contributed by atoms with Crippen LogP contribution in [0.3, 0.4) is 0 Å². The third kappa shape index (κ3) is 1.85. The molecule has 0 aliphatic carbocycles. The van der Waals surface area contributed by atoms with E-state index in [1.165, 1.54) is 11.5 Å². The standard InChI is InChI=1S/C8H9BrN4S/c1-5-6(2)13(4-10-5)3-7-11-8(9)14-12-7/h4H,3H2,1-2H3. The quantitative estimate of drug-likeness (QED) is 0.842. The number of nitrogens with zero attached hydrogens (tertiary/aromatic N) is 4. The molecule has 0 amide bonds. The number of hydrogen-bond acceptors (Lipinski definition) is 4. The van der Waals surface area contributed by atoms with Crippen LogP contribution in [0.15, 0.2) is 10.2 Å². The van der Waals surface area contributed by atoms with Crippen molar-refractivity contribution in [2.45, 2.75) is 20.4 Å². The van der Waals surface area contributed by atoms with Crippen LogP contribution < -0.4 is 0 Å². The lowest BCUT2D eigenvalue weighted by atomic mass is 10.4. The summed E-state index contributed by atoms with van der Waals surface area (Å²) in [4.78, 5) is 8.45. The maximum absolute atomic E-state index is 4.23. The molecule has 2 aromatic heterocycles. The van der Waals surface area contributed by atoms with E-state index in [0.29, 0.717) is 6.54 Å². The van der Waals surface area contributed by atoms with Crippen molar-refractivity contribution in [2.75, 3.05) is 0 Å². The van der Waals surface area contributed by atoms with Gasteiger partial charge in [0, 0.05) is 5.69 Å². The van der Waals surface area contributed by atoms with Crippen molar-refractivity contribution in [3.8, 4) is 0 Å². The molecule has 2 rings (SSSR count). The van der Waals surface area contributed by atoms with Gasteiger partial charge in [0.25, 0.3) is 0 Å².